The van der Waals surface area contributed by atoms with Gasteiger partial charge in [-0.3, -0.25) is 0 Å². The Balaban J connectivity index is 1.81. The fraction of sp³-hybridized carbons (Fsp3) is 0.0556. The summed E-state index contributed by atoms with van der Waals surface area (Å²) >= 11 is 0. The lowest BCUT2D eigenvalue weighted by Crippen LogP contribution is -2.06. The summed E-state index contributed by atoms with van der Waals surface area (Å²) in [7, 11) is 0. The van der Waals surface area contributed by atoms with Gasteiger partial charge >= 0.3 is 5.97 Å². The lowest BCUT2D eigenvalue weighted by Gasteiger charge is -2.07. The van der Waals surface area contributed by atoms with E-state index in [0.717, 1.165) is 10.8 Å². The second-order valence-electron chi connectivity index (χ2n) is 4.73. The van der Waals surface area contributed by atoms with Crippen LogP contribution in [0.15, 0.2) is 66.7 Å². The molecule has 0 amide bonds. The molecule has 0 fully saturated rings. The first-order chi connectivity index (χ1) is 10.2. The van der Waals surface area contributed by atoms with Crippen LogP contribution in [0.2, 0.25) is 0 Å². The topological polar surface area (TPSA) is 26.3 Å². The largest absolute Gasteiger partial charge is 0.457 e. The highest BCUT2D eigenvalue weighted by Gasteiger charge is 2.11. The Morgan fingerprint density at radius 2 is 1.71 bits per heavy atom. The summed E-state index contributed by atoms with van der Waals surface area (Å²) in [5, 5.41) is 1.84. The second-order valence-corrected chi connectivity index (χ2v) is 4.73. The summed E-state index contributed by atoms with van der Waals surface area (Å²) in [6.45, 7) is 0.0554. The monoisotopic (exact) mass is 280 g/mol. The molecule has 0 bridgehead atoms. The first kappa shape index (κ1) is 13.3. The van der Waals surface area contributed by atoms with Crippen LogP contribution >= 0.6 is 0 Å². The van der Waals surface area contributed by atoms with Crippen molar-refractivity contribution in [3.8, 4) is 0 Å². The zero-order valence-electron chi connectivity index (χ0n) is 11.3. The van der Waals surface area contributed by atoms with E-state index in [0.29, 0.717) is 11.1 Å². The fourth-order valence-corrected chi connectivity index (χ4v) is 2.26. The van der Waals surface area contributed by atoms with Gasteiger partial charge in [-0.1, -0.05) is 48.5 Å². The summed E-state index contributed by atoms with van der Waals surface area (Å²) in [4.78, 5) is 12.2. The van der Waals surface area contributed by atoms with Gasteiger partial charge in [0.1, 0.15) is 12.4 Å². The quantitative estimate of drug-likeness (QED) is 0.667. The molecule has 2 nitrogen and oxygen atoms in total. The molecular weight excluding hydrogens is 267 g/mol. The van der Waals surface area contributed by atoms with Crippen LogP contribution in [-0.2, 0) is 11.3 Å². The molecule has 0 aliphatic rings. The normalized spacial score (nSPS) is 10.5. The molecule has 3 aromatic rings. The van der Waals surface area contributed by atoms with Gasteiger partial charge in [0, 0.05) is 0 Å². The average Bonchev–Trinajstić information content (AvgIpc) is 2.52. The van der Waals surface area contributed by atoms with Crippen molar-refractivity contribution in [1.82, 2.24) is 0 Å². The Bertz CT molecular complexity index is 791. The summed E-state index contributed by atoms with van der Waals surface area (Å²) in [5.74, 6) is -0.746. The maximum absolute atomic E-state index is 13.1. The van der Waals surface area contributed by atoms with Crippen molar-refractivity contribution in [2.45, 2.75) is 6.61 Å². The molecule has 3 rings (SSSR count). The highest BCUT2D eigenvalue weighted by atomic mass is 19.1. The highest BCUT2D eigenvalue weighted by Crippen LogP contribution is 2.19. The maximum Gasteiger partial charge on any atom is 0.339 e. The smallest absolute Gasteiger partial charge is 0.339 e. The van der Waals surface area contributed by atoms with Crippen molar-refractivity contribution >= 4 is 16.7 Å². The van der Waals surface area contributed by atoms with Gasteiger partial charge in [-0.2, -0.15) is 0 Å². The third-order valence-corrected chi connectivity index (χ3v) is 3.27. The zero-order valence-corrected chi connectivity index (χ0v) is 11.3. The van der Waals surface area contributed by atoms with Gasteiger partial charge in [-0.25, -0.2) is 9.18 Å². The van der Waals surface area contributed by atoms with Crippen LogP contribution in [-0.4, -0.2) is 5.97 Å². The summed E-state index contributed by atoms with van der Waals surface area (Å²) in [6.07, 6.45) is 0. The molecule has 0 spiro atoms. The van der Waals surface area contributed by atoms with Gasteiger partial charge in [0.15, 0.2) is 0 Å². The molecule has 0 aliphatic heterocycles. The molecule has 0 heterocycles. The minimum absolute atomic E-state index is 0.0554. The Morgan fingerprint density at radius 1 is 0.952 bits per heavy atom. The van der Waals surface area contributed by atoms with E-state index in [-0.39, 0.29) is 12.4 Å². The molecule has 3 aromatic carbocycles. The zero-order chi connectivity index (χ0) is 14.7. The molecule has 0 saturated carbocycles. The van der Waals surface area contributed by atoms with Gasteiger partial charge in [-0.05, 0) is 34.5 Å². The molecule has 104 valence electrons. The van der Waals surface area contributed by atoms with E-state index in [4.69, 9.17) is 4.74 Å². The van der Waals surface area contributed by atoms with Gasteiger partial charge < -0.3 is 4.74 Å². The number of ether oxygens (including phenoxy) is 1. The number of rotatable bonds is 3. The van der Waals surface area contributed by atoms with E-state index >= 15 is 0 Å². The van der Waals surface area contributed by atoms with Crippen LogP contribution in [0.25, 0.3) is 10.8 Å². The first-order valence-corrected chi connectivity index (χ1v) is 6.63. The number of halogens is 1. The molecule has 0 aromatic heterocycles. The molecule has 3 heteroatoms. The van der Waals surface area contributed by atoms with E-state index in [1.165, 1.54) is 12.1 Å². The fourth-order valence-electron chi connectivity index (χ4n) is 2.26. The molecule has 0 radical (unpaired) electrons. The van der Waals surface area contributed by atoms with E-state index in [2.05, 4.69) is 0 Å². The predicted molar refractivity (Wildman–Crippen MR) is 79.5 cm³/mol. The minimum atomic E-state index is -0.406. The van der Waals surface area contributed by atoms with Crippen LogP contribution in [0.1, 0.15) is 15.9 Å². The number of carbonyl (C=O) groups excluding carboxylic acids is 1. The highest BCUT2D eigenvalue weighted by molar-refractivity contribution is 6.04. The lowest BCUT2D eigenvalue weighted by atomic mass is 10.0. The van der Waals surface area contributed by atoms with Crippen LogP contribution in [0.3, 0.4) is 0 Å². The van der Waals surface area contributed by atoms with Crippen molar-refractivity contribution < 1.29 is 13.9 Å². The number of hydrogen-bond acceptors (Lipinski definition) is 2. The Hall–Kier alpha value is -2.68. The van der Waals surface area contributed by atoms with Gasteiger partial charge in [-0.15, -0.1) is 0 Å². The molecule has 0 saturated heterocycles. The van der Waals surface area contributed by atoms with Crippen LogP contribution in [0.5, 0.6) is 0 Å². The van der Waals surface area contributed by atoms with Crippen LogP contribution in [0.4, 0.5) is 4.39 Å². The minimum Gasteiger partial charge on any atom is -0.457 e. The third kappa shape index (κ3) is 2.92. The molecule has 21 heavy (non-hydrogen) atoms. The predicted octanol–water partition coefficient (Wildman–Crippen LogP) is 4.34. The summed E-state index contributed by atoms with van der Waals surface area (Å²) in [5.41, 5.74) is 1.15. The Kier molecular flexibility index (Phi) is 3.65. The number of benzene rings is 3. The third-order valence-electron chi connectivity index (χ3n) is 3.27. The number of carbonyl (C=O) groups is 1. The summed E-state index contributed by atoms with van der Waals surface area (Å²) in [6, 6.07) is 19.2. The second kappa shape index (κ2) is 5.75. The molecular formula is C18H13FO2. The Morgan fingerprint density at radius 3 is 2.57 bits per heavy atom. The number of esters is 1. The number of fused-ring (bicyclic) bond motifs is 1. The van der Waals surface area contributed by atoms with Gasteiger partial charge in [0.25, 0.3) is 0 Å². The van der Waals surface area contributed by atoms with Gasteiger partial charge in [0.2, 0.25) is 0 Å². The lowest BCUT2D eigenvalue weighted by molar-refractivity contribution is 0.0474. The number of hydrogen-bond donors (Lipinski definition) is 0. The molecule has 0 N–H and O–H groups in total. The van der Waals surface area contributed by atoms with Crippen molar-refractivity contribution in [3.63, 3.8) is 0 Å². The van der Waals surface area contributed by atoms with Crippen LogP contribution in [0, 0.1) is 5.82 Å². The van der Waals surface area contributed by atoms with Crippen molar-refractivity contribution in [2.75, 3.05) is 0 Å². The summed E-state index contributed by atoms with van der Waals surface area (Å²) < 4.78 is 18.4. The van der Waals surface area contributed by atoms with Crippen LogP contribution < -0.4 is 0 Å². The molecule has 0 unspecified atom stereocenters. The standard InChI is InChI=1S/C18H13FO2/c19-15-8-3-5-13(11-15)12-21-18(20)17-10-4-7-14-6-1-2-9-16(14)17/h1-11H,12H2. The van der Waals surface area contributed by atoms with Crippen molar-refractivity contribution in [2.24, 2.45) is 0 Å². The SMILES string of the molecule is O=C(OCc1cccc(F)c1)c1cccc2ccccc12. The van der Waals surface area contributed by atoms with Crippen molar-refractivity contribution in [3.05, 3.63) is 83.7 Å². The Labute approximate surface area is 121 Å². The van der Waals surface area contributed by atoms with Gasteiger partial charge in [0.05, 0.1) is 5.56 Å². The molecule has 0 atom stereocenters. The van der Waals surface area contributed by atoms with E-state index in [1.807, 2.05) is 36.4 Å². The van der Waals surface area contributed by atoms with Crippen molar-refractivity contribution in [1.29, 1.82) is 0 Å². The molecule has 0 aliphatic carbocycles. The maximum atomic E-state index is 13.1. The van der Waals surface area contributed by atoms with E-state index in [9.17, 15) is 9.18 Å². The first-order valence-electron chi connectivity index (χ1n) is 6.63. The van der Waals surface area contributed by atoms with E-state index < -0.39 is 5.97 Å². The average molecular weight is 280 g/mol. The van der Waals surface area contributed by atoms with E-state index in [1.54, 1.807) is 18.2 Å².